The number of methoxy groups -OCH3 is 1. The Hall–Kier alpha value is -1.06. The smallest absolute Gasteiger partial charge is 0.119 e. The Morgan fingerprint density at radius 3 is 2.42 bits per heavy atom. The van der Waals surface area contributed by atoms with Crippen molar-refractivity contribution in [2.45, 2.75) is 50.5 Å². The maximum Gasteiger partial charge on any atom is 0.119 e. The molecule has 0 saturated carbocycles. The van der Waals surface area contributed by atoms with Gasteiger partial charge in [0, 0.05) is 4.83 Å². The summed E-state index contributed by atoms with van der Waals surface area (Å²) in [6.07, 6.45) is 1.31. The topological polar surface area (TPSA) is 18.5 Å². The van der Waals surface area contributed by atoms with Crippen molar-refractivity contribution in [2.24, 2.45) is 5.41 Å². The lowest BCUT2D eigenvalue weighted by Gasteiger charge is -2.53. The molecule has 3 unspecified atom stereocenters. The zero-order chi connectivity index (χ0) is 17.5. The normalized spacial score (nSPS) is 25.3. The Morgan fingerprint density at radius 2 is 1.88 bits per heavy atom. The number of ether oxygens (including phenoxy) is 2. The van der Waals surface area contributed by atoms with Gasteiger partial charge in [0.25, 0.3) is 0 Å². The molecule has 3 heteroatoms. The van der Waals surface area contributed by atoms with Crippen LogP contribution in [-0.4, -0.2) is 24.6 Å². The van der Waals surface area contributed by atoms with E-state index in [1.165, 1.54) is 16.3 Å². The van der Waals surface area contributed by atoms with E-state index in [4.69, 9.17) is 9.47 Å². The second-order valence-electron chi connectivity index (χ2n) is 8.15. The molecular weight excluding hydrogens is 364 g/mol. The highest BCUT2D eigenvalue weighted by Gasteiger charge is 2.53. The van der Waals surface area contributed by atoms with Crippen molar-refractivity contribution in [2.75, 3.05) is 13.7 Å². The average molecular weight is 391 g/mol. The van der Waals surface area contributed by atoms with E-state index in [9.17, 15) is 0 Å². The molecule has 24 heavy (non-hydrogen) atoms. The van der Waals surface area contributed by atoms with Gasteiger partial charge in [-0.05, 0) is 40.3 Å². The standard InChI is InChI=1S/C21H27BrO2/c1-14(22)21(13-24-19(21)12-20(2,3)4)17-8-6-16-11-18(23-5)9-7-15(16)10-17/h6-11,14,19H,12-13H2,1-5H3. The van der Waals surface area contributed by atoms with Gasteiger partial charge in [0.2, 0.25) is 0 Å². The van der Waals surface area contributed by atoms with Crippen LogP contribution in [-0.2, 0) is 10.2 Å². The molecule has 0 aliphatic carbocycles. The zero-order valence-electron chi connectivity index (χ0n) is 15.2. The van der Waals surface area contributed by atoms with Gasteiger partial charge < -0.3 is 9.47 Å². The van der Waals surface area contributed by atoms with E-state index >= 15 is 0 Å². The monoisotopic (exact) mass is 390 g/mol. The van der Waals surface area contributed by atoms with Gasteiger partial charge in [0.1, 0.15) is 5.75 Å². The van der Waals surface area contributed by atoms with Crippen molar-refractivity contribution in [3.8, 4) is 5.75 Å². The van der Waals surface area contributed by atoms with Crippen LogP contribution in [0.1, 0.15) is 39.7 Å². The lowest BCUT2D eigenvalue weighted by Crippen LogP contribution is -2.60. The fraction of sp³-hybridized carbons (Fsp3) is 0.524. The summed E-state index contributed by atoms with van der Waals surface area (Å²) >= 11 is 3.88. The van der Waals surface area contributed by atoms with Gasteiger partial charge in [-0.1, -0.05) is 67.9 Å². The van der Waals surface area contributed by atoms with E-state index in [0.717, 1.165) is 18.8 Å². The Morgan fingerprint density at radius 1 is 1.21 bits per heavy atom. The van der Waals surface area contributed by atoms with Crippen LogP contribution in [0.4, 0.5) is 0 Å². The van der Waals surface area contributed by atoms with E-state index in [1.807, 2.05) is 6.07 Å². The predicted octanol–water partition coefficient (Wildman–Crippen LogP) is 5.70. The first-order valence-electron chi connectivity index (χ1n) is 8.60. The van der Waals surface area contributed by atoms with Crippen LogP contribution in [0.25, 0.3) is 10.8 Å². The molecule has 0 radical (unpaired) electrons. The SMILES string of the molecule is COc1ccc2cc(C3(C(C)Br)COC3CC(C)(C)C)ccc2c1. The highest BCUT2D eigenvalue weighted by molar-refractivity contribution is 9.09. The Labute approximate surface area is 153 Å². The molecule has 3 rings (SSSR count). The summed E-state index contributed by atoms with van der Waals surface area (Å²) in [5.41, 5.74) is 1.66. The second-order valence-corrected chi connectivity index (χ2v) is 9.52. The Balaban J connectivity index is 2.02. The number of hydrogen-bond donors (Lipinski definition) is 0. The van der Waals surface area contributed by atoms with Gasteiger partial charge in [0.15, 0.2) is 0 Å². The quantitative estimate of drug-likeness (QED) is 0.622. The molecule has 2 nitrogen and oxygen atoms in total. The molecule has 3 atom stereocenters. The van der Waals surface area contributed by atoms with Crippen LogP contribution in [0.3, 0.4) is 0 Å². The molecule has 2 aromatic carbocycles. The van der Waals surface area contributed by atoms with Crippen molar-refractivity contribution in [1.29, 1.82) is 0 Å². The second kappa shape index (κ2) is 6.34. The first-order chi connectivity index (χ1) is 11.3. The molecule has 0 bridgehead atoms. The third-order valence-electron chi connectivity index (χ3n) is 5.19. The molecule has 1 aliphatic rings. The largest absolute Gasteiger partial charge is 0.497 e. The number of halogens is 1. The van der Waals surface area contributed by atoms with Gasteiger partial charge >= 0.3 is 0 Å². The third-order valence-corrected chi connectivity index (χ3v) is 6.01. The number of benzene rings is 2. The first-order valence-corrected chi connectivity index (χ1v) is 9.52. The van der Waals surface area contributed by atoms with Crippen LogP contribution in [0.2, 0.25) is 0 Å². The van der Waals surface area contributed by atoms with Crippen LogP contribution >= 0.6 is 15.9 Å². The molecule has 1 fully saturated rings. The lowest BCUT2D eigenvalue weighted by atomic mass is 9.66. The molecule has 1 heterocycles. The summed E-state index contributed by atoms with van der Waals surface area (Å²) in [5.74, 6) is 0.899. The molecule has 2 aromatic rings. The molecule has 0 aromatic heterocycles. The first kappa shape index (κ1) is 17.8. The predicted molar refractivity (Wildman–Crippen MR) is 104 cm³/mol. The molecule has 0 N–H and O–H groups in total. The van der Waals surface area contributed by atoms with E-state index in [0.29, 0.717) is 4.83 Å². The van der Waals surface area contributed by atoms with Crippen LogP contribution < -0.4 is 4.74 Å². The summed E-state index contributed by atoms with van der Waals surface area (Å²) in [5, 5.41) is 2.46. The minimum atomic E-state index is 0.0431. The van der Waals surface area contributed by atoms with Crippen molar-refractivity contribution >= 4 is 26.7 Å². The summed E-state index contributed by atoms with van der Waals surface area (Å²) in [4.78, 5) is 0.363. The zero-order valence-corrected chi connectivity index (χ0v) is 16.8. The van der Waals surface area contributed by atoms with E-state index in [1.54, 1.807) is 7.11 Å². The molecular formula is C21H27BrO2. The van der Waals surface area contributed by atoms with Gasteiger partial charge in [-0.3, -0.25) is 0 Å². The molecule has 1 saturated heterocycles. The minimum absolute atomic E-state index is 0.0431. The highest BCUT2D eigenvalue weighted by Crippen LogP contribution is 2.48. The Kier molecular flexibility index (Phi) is 4.69. The van der Waals surface area contributed by atoms with Gasteiger partial charge in [-0.15, -0.1) is 0 Å². The van der Waals surface area contributed by atoms with Crippen molar-refractivity contribution in [3.63, 3.8) is 0 Å². The summed E-state index contributed by atoms with van der Waals surface area (Å²) in [6.45, 7) is 9.87. The summed E-state index contributed by atoms with van der Waals surface area (Å²) in [7, 11) is 1.71. The number of hydrogen-bond acceptors (Lipinski definition) is 2. The average Bonchev–Trinajstić information content (AvgIpc) is 2.50. The number of alkyl halides is 1. The van der Waals surface area contributed by atoms with Crippen molar-refractivity contribution in [3.05, 3.63) is 42.0 Å². The van der Waals surface area contributed by atoms with Gasteiger partial charge in [-0.25, -0.2) is 0 Å². The fourth-order valence-corrected chi connectivity index (χ4v) is 4.38. The van der Waals surface area contributed by atoms with Crippen molar-refractivity contribution in [1.82, 2.24) is 0 Å². The molecule has 1 aliphatic heterocycles. The van der Waals surface area contributed by atoms with Crippen LogP contribution in [0, 0.1) is 5.41 Å². The van der Waals surface area contributed by atoms with Gasteiger partial charge in [-0.2, -0.15) is 0 Å². The summed E-state index contributed by atoms with van der Waals surface area (Å²) in [6, 6.07) is 13.1. The molecule has 0 spiro atoms. The minimum Gasteiger partial charge on any atom is -0.497 e. The van der Waals surface area contributed by atoms with E-state index < -0.39 is 0 Å². The number of rotatable bonds is 4. The maximum atomic E-state index is 6.04. The molecule has 130 valence electrons. The van der Waals surface area contributed by atoms with E-state index in [-0.39, 0.29) is 16.9 Å². The summed E-state index contributed by atoms with van der Waals surface area (Å²) < 4.78 is 11.4. The van der Waals surface area contributed by atoms with Crippen molar-refractivity contribution < 1.29 is 9.47 Å². The van der Waals surface area contributed by atoms with Crippen LogP contribution in [0.15, 0.2) is 36.4 Å². The third kappa shape index (κ3) is 3.09. The van der Waals surface area contributed by atoms with Crippen LogP contribution in [0.5, 0.6) is 5.75 Å². The fourth-order valence-electron chi connectivity index (χ4n) is 3.69. The lowest BCUT2D eigenvalue weighted by molar-refractivity contribution is -0.151. The van der Waals surface area contributed by atoms with Gasteiger partial charge in [0.05, 0.1) is 25.2 Å². The maximum absolute atomic E-state index is 6.04. The number of fused-ring (bicyclic) bond motifs is 1. The van der Waals surface area contributed by atoms with E-state index in [2.05, 4.69) is 74.0 Å². The highest BCUT2D eigenvalue weighted by atomic mass is 79.9. The molecule has 0 amide bonds. The Bertz CT molecular complexity index is 732.